The zero-order valence-electron chi connectivity index (χ0n) is 7.23. The molecular formula is C8H7NO3S2. The molecule has 0 bridgehead atoms. The number of thiophene rings is 1. The van der Waals surface area contributed by atoms with E-state index in [1.807, 2.05) is 0 Å². The van der Waals surface area contributed by atoms with Crippen LogP contribution in [0.25, 0.3) is 0 Å². The fourth-order valence-electron chi connectivity index (χ4n) is 1.17. The van der Waals surface area contributed by atoms with Gasteiger partial charge in [-0.25, -0.2) is 4.79 Å². The number of carboxylic acid groups (broad SMARTS) is 1. The number of nitrogens with one attached hydrogen (secondary N) is 1. The number of hydrogen-bond donors (Lipinski definition) is 2. The molecule has 1 aromatic heterocycles. The van der Waals surface area contributed by atoms with E-state index in [4.69, 9.17) is 5.11 Å². The van der Waals surface area contributed by atoms with Crippen LogP contribution in [-0.4, -0.2) is 22.2 Å². The highest BCUT2D eigenvalue weighted by Crippen LogP contribution is 2.41. The average Bonchev–Trinajstić information content (AvgIpc) is 2.48. The minimum Gasteiger partial charge on any atom is -0.477 e. The third kappa shape index (κ3) is 1.40. The van der Waals surface area contributed by atoms with E-state index in [1.54, 1.807) is 12.3 Å². The van der Waals surface area contributed by atoms with Gasteiger partial charge in [0.1, 0.15) is 4.88 Å². The lowest BCUT2D eigenvalue weighted by atomic mass is 10.3. The SMILES string of the molecule is CC1Sc2csc(C(=O)O)c2NC1=O. The molecule has 4 nitrogen and oxygen atoms in total. The Bertz CT molecular complexity index is 413. The number of thioether (sulfide) groups is 1. The van der Waals surface area contributed by atoms with Crippen molar-refractivity contribution in [2.45, 2.75) is 17.1 Å². The molecule has 0 aromatic carbocycles. The molecule has 1 aliphatic rings. The molecule has 74 valence electrons. The van der Waals surface area contributed by atoms with Gasteiger partial charge in [0.2, 0.25) is 5.91 Å². The Labute approximate surface area is 88.3 Å². The maximum Gasteiger partial charge on any atom is 0.348 e. The highest BCUT2D eigenvalue weighted by atomic mass is 32.2. The van der Waals surface area contributed by atoms with Gasteiger partial charge in [-0.05, 0) is 6.92 Å². The van der Waals surface area contributed by atoms with Crippen LogP contribution in [0, 0.1) is 0 Å². The van der Waals surface area contributed by atoms with Crippen LogP contribution in [0.3, 0.4) is 0 Å². The molecule has 14 heavy (non-hydrogen) atoms. The van der Waals surface area contributed by atoms with E-state index in [0.717, 1.165) is 16.2 Å². The van der Waals surface area contributed by atoms with Crippen molar-refractivity contribution in [3.05, 3.63) is 10.3 Å². The van der Waals surface area contributed by atoms with E-state index in [2.05, 4.69) is 5.32 Å². The summed E-state index contributed by atoms with van der Waals surface area (Å²) >= 11 is 2.54. The molecule has 0 aliphatic carbocycles. The van der Waals surface area contributed by atoms with E-state index in [-0.39, 0.29) is 16.0 Å². The third-order valence-corrected chi connectivity index (χ3v) is 4.13. The molecule has 1 aliphatic heterocycles. The minimum atomic E-state index is -0.994. The smallest absolute Gasteiger partial charge is 0.348 e. The summed E-state index contributed by atoms with van der Waals surface area (Å²) in [6.07, 6.45) is 0. The molecule has 0 spiro atoms. The van der Waals surface area contributed by atoms with Crippen LogP contribution < -0.4 is 5.32 Å². The minimum absolute atomic E-state index is 0.136. The summed E-state index contributed by atoms with van der Waals surface area (Å²) in [6, 6.07) is 0. The van der Waals surface area contributed by atoms with Crippen LogP contribution in [0.4, 0.5) is 5.69 Å². The Morgan fingerprint density at radius 3 is 3.00 bits per heavy atom. The molecule has 2 heterocycles. The summed E-state index contributed by atoms with van der Waals surface area (Å²) in [5.41, 5.74) is 0.454. The maximum atomic E-state index is 11.3. The fraction of sp³-hybridized carbons (Fsp3) is 0.250. The number of aromatic carboxylic acids is 1. The molecular weight excluding hydrogens is 222 g/mol. The third-order valence-electron chi connectivity index (χ3n) is 1.87. The largest absolute Gasteiger partial charge is 0.477 e. The molecule has 6 heteroatoms. The van der Waals surface area contributed by atoms with Crippen LogP contribution in [0.2, 0.25) is 0 Å². The lowest BCUT2D eigenvalue weighted by molar-refractivity contribution is -0.115. The number of carboxylic acids is 1. The molecule has 2 N–H and O–H groups in total. The Morgan fingerprint density at radius 1 is 1.64 bits per heavy atom. The van der Waals surface area contributed by atoms with Crippen molar-refractivity contribution in [1.29, 1.82) is 0 Å². The zero-order chi connectivity index (χ0) is 10.3. The van der Waals surface area contributed by atoms with Gasteiger partial charge in [-0.3, -0.25) is 4.79 Å². The van der Waals surface area contributed by atoms with Gasteiger partial charge in [0.25, 0.3) is 0 Å². The summed E-state index contributed by atoms with van der Waals surface area (Å²) in [7, 11) is 0. The topological polar surface area (TPSA) is 66.4 Å². The van der Waals surface area contributed by atoms with Gasteiger partial charge in [0.05, 0.1) is 10.9 Å². The Kier molecular flexibility index (Phi) is 2.24. The first-order chi connectivity index (χ1) is 6.59. The number of hydrogen-bond acceptors (Lipinski definition) is 4. The first-order valence-electron chi connectivity index (χ1n) is 3.92. The molecule has 2 rings (SSSR count). The lowest BCUT2D eigenvalue weighted by Gasteiger charge is -2.18. The van der Waals surface area contributed by atoms with Crippen LogP contribution in [-0.2, 0) is 4.79 Å². The van der Waals surface area contributed by atoms with Crippen LogP contribution in [0.5, 0.6) is 0 Å². The molecule has 1 aromatic rings. The highest BCUT2D eigenvalue weighted by molar-refractivity contribution is 8.01. The molecule has 0 saturated heterocycles. The summed E-state index contributed by atoms with van der Waals surface area (Å²) in [6.45, 7) is 1.79. The van der Waals surface area contributed by atoms with Crippen molar-refractivity contribution in [2.24, 2.45) is 0 Å². The van der Waals surface area contributed by atoms with Crippen LogP contribution >= 0.6 is 23.1 Å². The van der Waals surface area contributed by atoms with E-state index < -0.39 is 5.97 Å². The second-order valence-corrected chi connectivity index (χ2v) is 5.12. The van der Waals surface area contributed by atoms with E-state index in [1.165, 1.54) is 11.8 Å². The van der Waals surface area contributed by atoms with Crippen molar-refractivity contribution in [1.82, 2.24) is 0 Å². The Hall–Kier alpha value is -1.01. The van der Waals surface area contributed by atoms with Crippen molar-refractivity contribution in [2.75, 3.05) is 5.32 Å². The van der Waals surface area contributed by atoms with E-state index >= 15 is 0 Å². The molecule has 1 amide bonds. The Morgan fingerprint density at radius 2 is 2.36 bits per heavy atom. The zero-order valence-corrected chi connectivity index (χ0v) is 8.87. The monoisotopic (exact) mass is 229 g/mol. The van der Waals surface area contributed by atoms with Gasteiger partial charge < -0.3 is 10.4 Å². The van der Waals surface area contributed by atoms with Crippen molar-refractivity contribution < 1.29 is 14.7 Å². The van der Waals surface area contributed by atoms with E-state index in [9.17, 15) is 9.59 Å². The van der Waals surface area contributed by atoms with Gasteiger partial charge in [0, 0.05) is 10.3 Å². The number of amides is 1. The van der Waals surface area contributed by atoms with Crippen molar-refractivity contribution in [3.63, 3.8) is 0 Å². The molecule has 0 fully saturated rings. The summed E-state index contributed by atoms with van der Waals surface area (Å²) in [5.74, 6) is -1.13. The van der Waals surface area contributed by atoms with E-state index in [0.29, 0.717) is 5.69 Å². The molecule has 1 unspecified atom stereocenters. The van der Waals surface area contributed by atoms with Gasteiger partial charge in [-0.1, -0.05) is 0 Å². The Balaban J connectivity index is 2.45. The number of rotatable bonds is 1. The molecule has 0 radical (unpaired) electrons. The second-order valence-electron chi connectivity index (χ2n) is 2.86. The number of anilines is 1. The quantitative estimate of drug-likeness (QED) is 0.771. The molecule has 0 saturated carbocycles. The summed E-state index contributed by atoms with van der Waals surface area (Å²) in [4.78, 5) is 23.1. The summed E-state index contributed by atoms with van der Waals surface area (Å²) < 4.78 is 0. The van der Waals surface area contributed by atoms with Crippen LogP contribution in [0.1, 0.15) is 16.6 Å². The second kappa shape index (κ2) is 3.29. The highest BCUT2D eigenvalue weighted by Gasteiger charge is 2.28. The predicted molar refractivity (Wildman–Crippen MR) is 55.2 cm³/mol. The number of carbonyl (C=O) groups is 2. The lowest BCUT2D eigenvalue weighted by Crippen LogP contribution is -2.26. The van der Waals surface area contributed by atoms with Crippen LogP contribution in [0.15, 0.2) is 10.3 Å². The number of carbonyl (C=O) groups excluding carboxylic acids is 1. The van der Waals surface area contributed by atoms with Crippen molar-refractivity contribution >= 4 is 40.7 Å². The average molecular weight is 229 g/mol. The van der Waals surface area contributed by atoms with Gasteiger partial charge >= 0.3 is 5.97 Å². The van der Waals surface area contributed by atoms with Gasteiger partial charge in [-0.15, -0.1) is 23.1 Å². The maximum absolute atomic E-state index is 11.3. The first kappa shape index (κ1) is 9.54. The molecule has 1 atom stereocenters. The number of fused-ring (bicyclic) bond motifs is 1. The van der Waals surface area contributed by atoms with Gasteiger partial charge in [0.15, 0.2) is 0 Å². The van der Waals surface area contributed by atoms with Crippen molar-refractivity contribution in [3.8, 4) is 0 Å². The summed E-state index contributed by atoms with van der Waals surface area (Å²) in [5, 5.41) is 13.1. The predicted octanol–water partition coefficient (Wildman–Crippen LogP) is 1.88. The fourth-order valence-corrected chi connectivity index (χ4v) is 3.14. The first-order valence-corrected chi connectivity index (χ1v) is 5.68. The van der Waals surface area contributed by atoms with Gasteiger partial charge in [-0.2, -0.15) is 0 Å². The normalized spacial score (nSPS) is 20.1. The standard InChI is InChI=1S/C8H7NO3S2/c1-3-7(10)9-5-4(14-3)2-13-6(5)8(11)12/h2-3H,1H3,(H,9,10)(H,11,12).